The quantitative estimate of drug-likeness (QED) is 0.501. The first-order chi connectivity index (χ1) is 16.0. The number of hydrogen-bond donors (Lipinski definition) is 3. The first kappa shape index (κ1) is 20.3. The highest BCUT2D eigenvalue weighted by Crippen LogP contribution is 2.46. The number of nitrogens with zero attached hydrogens (tertiary/aromatic N) is 1. The van der Waals surface area contributed by atoms with E-state index < -0.39 is 11.9 Å². The molecule has 2 amide bonds. The summed E-state index contributed by atoms with van der Waals surface area (Å²) >= 11 is 0. The molecule has 1 atom stereocenters. The summed E-state index contributed by atoms with van der Waals surface area (Å²) in [6.07, 6.45) is 1.21. The lowest BCUT2D eigenvalue weighted by atomic mass is 10.0. The summed E-state index contributed by atoms with van der Waals surface area (Å²) in [5.41, 5.74) is 10.3. The van der Waals surface area contributed by atoms with Crippen LogP contribution >= 0.6 is 0 Å². The van der Waals surface area contributed by atoms with Gasteiger partial charge in [-0.1, -0.05) is 24.8 Å². The minimum absolute atomic E-state index is 0.303. The zero-order valence-electron chi connectivity index (χ0n) is 17.5. The van der Waals surface area contributed by atoms with Gasteiger partial charge in [0.2, 0.25) is 5.91 Å². The van der Waals surface area contributed by atoms with Gasteiger partial charge in [0, 0.05) is 22.5 Å². The second-order valence-corrected chi connectivity index (χ2v) is 7.59. The van der Waals surface area contributed by atoms with Crippen LogP contribution in [0.25, 0.3) is 0 Å². The Morgan fingerprint density at radius 3 is 2.45 bits per heavy atom. The van der Waals surface area contributed by atoms with Crippen molar-refractivity contribution >= 4 is 28.9 Å². The molecular weight excluding hydrogens is 416 g/mol. The van der Waals surface area contributed by atoms with Gasteiger partial charge in [0.05, 0.1) is 17.0 Å². The molecule has 4 N–H and O–H groups in total. The van der Waals surface area contributed by atoms with Gasteiger partial charge in [0.15, 0.2) is 0 Å². The van der Waals surface area contributed by atoms with Gasteiger partial charge in [-0.15, -0.1) is 0 Å². The van der Waals surface area contributed by atoms with E-state index in [1.54, 1.807) is 6.07 Å². The van der Waals surface area contributed by atoms with E-state index in [2.05, 4.69) is 17.2 Å². The van der Waals surface area contributed by atoms with Crippen molar-refractivity contribution in [2.45, 2.75) is 6.04 Å². The highest BCUT2D eigenvalue weighted by atomic mass is 16.5. The number of aliphatic imine (C=N–C) groups is 1. The fraction of sp³-hybridized carbons (Fsp3) is 0.0385. The number of rotatable bonds is 6. The Bertz CT molecular complexity index is 1340. The van der Waals surface area contributed by atoms with Crippen molar-refractivity contribution in [3.05, 3.63) is 108 Å². The van der Waals surface area contributed by atoms with E-state index in [4.69, 9.17) is 15.5 Å². The molecule has 0 radical (unpaired) electrons. The van der Waals surface area contributed by atoms with Crippen LogP contribution in [0.15, 0.2) is 102 Å². The molecule has 5 rings (SSSR count). The summed E-state index contributed by atoms with van der Waals surface area (Å²) < 4.78 is 5.85. The maximum Gasteiger partial charge on any atom is 0.252 e. The fourth-order valence-corrected chi connectivity index (χ4v) is 3.97. The predicted octanol–water partition coefficient (Wildman–Crippen LogP) is 4.31. The molecule has 0 bridgehead atoms. The number of amides is 2. The SMILES string of the molecule is C=CC(=O)Nc1ccc2c(c1)C1N=C(c3ccc(Oc4ccccc4)cc3)C(C(N)=O)=C1N2. The third kappa shape index (κ3) is 3.76. The van der Waals surface area contributed by atoms with Crippen LogP contribution in [-0.2, 0) is 9.59 Å². The molecule has 162 valence electrons. The van der Waals surface area contributed by atoms with Crippen molar-refractivity contribution in [2.75, 3.05) is 10.6 Å². The molecule has 3 aromatic rings. The van der Waals surface area contributed by atoms with Crippen LogP contribution in [0.3, 0.4) is 0 Å². The van der Waals surface area contributed by atoms with Crippen LogP contribution in [0, 0.1) is 0 Å². The number of fused-ring (bicyclic) bond motifs is 3. The van der Waals surface area contributed by atoms with Gasteiger partial charge >= 0.3 is 0 Å². The number of benzene rings is 3. The second kappa shape index (κ2) is 8.12. The molecule has 0 aliphatic carbocycles. The molecule has 7 heteroatoms. The zero-order valence-corrected chi connectivity index (χ0v) is 17.5. The average molecular weight is 436 g/mol. The van der Waals surface area contributed by atoms with E-state index >= 15 is 0 Å². The van der Waals surface area contributed by atoms with Crippen LogP contribution < -0.4 is 21.1 Å². The largest absolute Gasteiger partial charge is 0.457 e. The summed E-state index contributed by atoms with van der Waals surface area (Å²) in [6.45, 7) is 3.47. The molecule has 0 saturated carbocycles. The van der Waals surface area contributed by atoms with Gasteiger partial charge in [-0.2, -0.15) is 0 Å². The highest BCUT2D eigenvalue weighted by Gasteiger charge is 2.38. The molecule has 1 unspecified atom stereocenters. The number of carbonyl (C=O) groups is 2. The molecule has 0 fully saturated rings. The summed E-state index contributed by atoms with van der Waals surface area (Å²) in [5, 5.41) is 6.02. The lowest BCUT2D eigenvalue weighted by Gasteiger charge is -2.10. The average Bonchev–Trinajstić information content (AvgIpc) is 3.36. The molecule has 2 heterocycles. The maximum absolute atomic E-state index is 12.4. The molecule has 3 aromatic carbocycles. The second-order valence-electron chi connectivity index (χ2n) is 7.59. The number of nitrogens with two attached hydrogens (primary N) is 1. The van der Waals surface area contributed by atoms with Crippen molar-refractivity contribution in [1.82, 2.24) is 0 Å². The maximum atomic E-state index is 12.4. The van der Waals surface area contributed by atoms with E-state index in [0.29, 0.717) is 28.4 Å². The van der Waals surface area contributed by atoms with Crippen LogP contribution in [0.5, 0.6) is 11.5 Å². The van der Waals surface area contributed by atoms with Gasteiger partial charge in [-0.3, -0.25) is 14.6 Å². The molecule has 0 aromatic heterocycles. The summed E-state index contributed by atoms with van der Waals surface area (Å²) in [6, 6.07) is 21.9. The first-order valence-corrected chi connectivity index (χ1v) is 10.3. The van der Waals surface area contributed by atoms with E-state index in [1.165, 1.54) is 6.08 Å². The Kier molecular flexibility index (Phi) is 4.99. The third-order valence-corrected chi connectivity index (χ3v) is 5.46. The van der Waals surface area contributed by atoms with Gasteiger partial charge in [0.1, 0.15) is 17.5 Å². The number of nitrogens with one attached hydrogen (secondary N) is 2. The molecule has 33 heavy (non-hydrogen) atoms. The minimum atomic E-state index is -0.559. The first-order valence-electron chi connectivity index (χ1n) is 10.3. The van der Waals surface area contributed by atoms with Crippen molar-refractivity contribution < 1.29 is 14.3 Å². The molecule has 2 aliphatic rings. The van der Waals surface area contributed by atoms with Gasteiger partial charge in [-0.25, -0.2) is 0 Å². The predicted molar refractivity (Wildman–Crippen MR) is 127 cm³/mol. The highest BCUT2D eigenvalue weighted by molar-refractivity contribution is 6.30. The molecule has 2 aliphatic heterocycles. The monoisotopic (exact) mass is 436 g/mol. The Labute approximate surface area is 190 Å². The zero-order chi connectivity index (χ0) is 22.9. The van der Waals surface area contributed by atoms with Crippen LogP contribution in [0.1, 0.15) is 17.2 Å². The lowest BCUT2D eigenvalue weighted by molar-refractivity contribution is -0.114. The van der Waals surface area contributed by atoms with E-state index in [9.17, 15) is 9.59 Å². The van der Waals surface area contributed by atoms with Crippen molar-refractivity contribution in [1.29, 1.82) is 0 Å². The number of carbonyl (C=O) groups excluding carboxylic acids is 2. The van der Waals surface area contributed by atoms with Crippen LogP contribution in [-0.4, -0.2) is 17.5 Å². The Hall–Kier alpha value is -4.65. The third-order valence-electron chi connectivity index (χ3n) is 5.46. The van der Waals surface area contributed by atoms with Crippen molar-refractivity contribution in [3.8, 4) is 11.5 Å². The number of ether oxygens (including phenoxy) is 1. The van der Waals surface area contributed by atoms with Gasteiger partial charge in [0.25, 0.3) is 5.91 Å². The van der Waals surface area contributed by atoms with E-state index in [0.717, 1.165) is 22.6 Å². The molecule has 0 saturated heterocycles. The minimum Gasteiger partial charge on any atom is -0.457 e. The normalized spacial score (nSPS) is 15.8. The number of primary amides is 1. The van der Waals surface area contributed by atoms with Gasteiger partial charge < -0.3 is 21.1 Å². The summed E-state index contributed by atoms with van der Waals surface area (Å²) in [7, 11) is 0. The number of anilines is 2. The molecule has 0 spiro atoms. The van der Waals surface area contributed by atoms with E-state index in [1.807, 2.05) is 66.7 Å². The molecular formula is C26H20N4O3. The topological polar surface area (TPSA) is 106 Å². The van der Waals surface area contributed by atoms with E-state index in [-0.39, 0.29) is 5.91 Å². The van der Waals surface area contributed by atoms with Gasteiger partial charge in [-0.05, 0) is 60.7 Å². The summed E-state index contributed by atoms with van der Waals surface area (Å²) in [4.78, 5) is 28.9. The smallest absolute Gasteiger partial charge is 0.252 e. The lowest BCUT2D eigenvalue weighted by Crippen LogP contribution is -2.22. The van der Waals surface area contributed by atoms with Crippen molar-refractivity contribution in [2.24, 2.45) is 10.7 Å². The number of para-hydroxylation sites is 1. The Morgan fingerprint density at radius 2 is 1.76 bits per heavy atom. The Morgan fingerprint density at radius 1 is 1.03 bits per heavy atom. The van der Waals surface area contributed by atoms with Crippen molar-refractivity contribution in [3.63, 3.8) is 0 Å². The molecule has 7 nitrogen and oxygen atoms in total. The number of hydrogen-bond acceptors (Lipinski definition) is 5. The standard InChI is InChI=1S/C26H20N4O3/c1-2-21(31)28-16-10-13-20-19(14-16)24-25(29-20)22(26(27)32)23(30-24)15-8-11-18(12-9-15)33-17-6-4-3-5-7-17/h2-14,24,29H,1H2,(H2,27,32)(H,28,31). The fourth-order valence-electron chi connectivity index (χ4n) is 3.97. The summed E-state index contributed by atoms with van der Waals surface area (Å²) in [5.74, 6) is 0.542. The Balaban J connectivity index is 1.47. The van der Waals surface area contributed by atoms with Crippen LogP contribution in [0.2, 0.25) is 0 Å². The van der Waals surface area contributed by atoms with Crippen LogP contribution in [0.4, 0.5) is 11.4 Å².